The van der Waals surface area contributed by atoms with Crippen molar-refractivity contribution < 1.29 is 19.1 Å². The Kier molecular flexibility index (Phi) is 4.51. The molecule has 98 valence electrons. The Labute approximate surface area is 102 Å². The number of carbonyl (C=O) groups is 2. The van der Waals surface area contributed by atoms with E-state index in [4.69, 9.17) is 4.74 Å². The number of hydrogen-bond donors (Lipinski definition) is 0. The summed E-state index contributed by atoms with van der Waals surface area (Å²) >= 11 is 0. The topological polar surface area (TPSA) is 55.8 Å². The fourth-order valence-electron chi connectivity index (χ4n) is 1.77. The van der Waals surface area contributed by atoms with Crippen LogP contribution in [0.1, 0.15) is 27.2 Å². The summed E-state index contributed by atoms with van der Waals surface area (Å²) in [6.07, 6.45) is -0.0489. The number of carbonyl (C=O) groups excluding carboxylic acids is 2. The Balaban J connectivity index is 2.55. The van der Waals surface area contributed by atoms with Crippen LogP contribution in [0.5, 0.6) is 0 Å². The molecule has 0 aromatic heterocycles. The van der Waals surface area contributed by atoms with Crippen LogP contribution in [0, 0.1) is 5.41 Å². The largest absolute Gasteiger partial charge is 0.469 e. The number of hydrogen-bond acceptors (Lipinski definition) is 4. The van der Waals surface area contributed by atoms with Crippen LogP contribution < -0.4 is 0 Å². The normalized spacial score (nSPS) is 21.2. The zero-order valence-electron chi connectivity index (χ0n) is 11.0. The lowest BCUT2D eigenvalue weighted by Crippen LogP contribution is -2.49. The van der Waals surface area contributed by atoms with Gasteiger partial charge in [-0.15, -0.1) is 0 Å². The van der Waals surface area contributed by atoms with E-state index in [1.807, 2.05) is 20.8 Å². The molecule has 1 aliphatic heterocycles. The number of nitrogens with zero attached hydrogens (tertiary/aromatic N) is 1. The molecule has 0 aliphatic carbocycles. The highest BCUT2D eigenvalue weighted by atomic mass is 16.5. The van der Waals surface area contributed by atoms with E-state index in [-0.39, 0.29) is 24.4 Å². The van der Waals surface area contributed by atoms with Crippen molar-refractivity contribution in [2.75, 3.05) is 26.8 Å². The summed E-state index contributed by atoms with van der Waals surface area (Å²) in [5, 5.41) is 0. The molecule has 1 aliphatic rings. The van der Waals surface area contributed by atoms with E-state index in [9.17, 15) is 9.59 Å². The average molecular weight is 243 g/mol. The van der Waals surface area contributed by atoms with Gasteiger partial charge < -0.3 is 14.4 Å². The quantitative estimate of drug-likeness (QED) is 0.674. The van der Waals surface area contributed by atoms with Crippen molar-refractivity contribution in [3.05, 3.63) is 0 Å². The molecule has 5 nitrogen and oxygen atoms in total. The molecule has 1 amide bonds. The van der Waals surface area contributed by atoms with Gasteiger partial charge in [-0.05, 0) is 0 Å². The highest BCUT2D eigenvalue weighted by Gasteiger charge is 2.32. The third-order valence-corrected chi connectivity index (χ3v) is 2.69. The molecule has 0 aromatic carbocycles. The predicted molar refractivity (Wildman–Crippen MR) is 62.4 cm³/mol. The van der Waals surface area contributed by atoms with Gasteiger partial charge in [-0.2, -0.15) is 0 Å². The van der Waals surface area contributed by atoms with E-state index in [2.05, 4.69) is 4.74 Å². The zero-order chi connectivity index (χ0) is 13.1. The number of rotatable bonds is 2. The first kappa shape index (κ1) is 14.0. The summed E-state index contributed by atoms with van der Waals surface area (Å²) in [6.45, 7) is 7.20. The summed E-state index contributed by atoms with van der Waals surface area (Å²) < 4.78 is 10.0. The standard InChI is InChI=1S/C12H21NO4/c1-12(2,3)11(15)13-5-6-17-9(8-13)7-10(14)16-4/h9H,5-8H2,1-4H3. The molecule has 0 radical (unpaired) electrons. The first-order valence-corrected chi connectivity index (χ1v) is 5.82. The Hall–Kier alpha value is -1.10. The van der Waals surface area contributed by atoms with Gasteiger partial charge in [0.2, 0.25) is 5.91 Å². The Morgan fingerprint density at radius 3 is 2.59 bits per heavy atom. The minimum absolute atomic E-state index is 0.0932. The van der Waals surface area contributed by atoms with Crippen molar-refractivity contribution in [1.82, 2.24) is 4.90 Å². The molecule has 1 rings (SSSR count). The minimum Gasteiger partial charge on any atom is -0.469 e. The van der Waals surface area contributed by atoms with E-state index in [1.54, 1.807) is 4.90 Å². The maximum atomic E-state index is 12.1. The molecule has 1 unspecified atom stereocenters. The molecule has 0 saturated carbocycles. The summed E-state index contributed by atoms with van der Waals surface area (Å²) in [5.74, 6) is -0.212. The fourth-order valence-corrected chi connectivity index (χ4v) is 1.77. The third-order valence-electron chi connectivity index (χ3n) is 2.69. The second-order valence-corrected chi connectivity index (χ2v) is 5.27. The highest BCUT2D eigenvalue weighted by molar-refractivity contribution is 5.81. The summed E-state index contributed by atoms with van der Waals surface area (Å²) in [7, 11) is 1.35. The summed E-state index contributed by atoms with van der Waals surface area (Å²) in [4.78, 5) is 25.0. The van der Waals surface area contributed by atoms with Crippen LogP contribution in [0.15, 0.2) is 0 Å². The van der Waals surface area contributed by atoms with E-state index in [0.29, 0.717) is 19.7 Å². The molecular weight excluding hydrogens is 222 g/mol. The van der Waals surface area contributed by atoms with Gasteiger partial charge in [0.1, 0.15) is 0 Å². The lowest BCUT2D eigenvalue weighted by molar-refractivity contribution is -0.153. The molecule has 1 heterocycles. The predicted octanol–water partition coefficient (Wildman–Crippen LogP) is 0.823. The van der Waals surface area contributed by atoms with Gasteiger partial charge in [-0.1, -0.05) is 20.8 Å². The molecule has 5 heteroatoms. The van der Waals surface area contributed by atoms with E-state index in [1.165, 1.54) is 7.11 Å². The van der Waals surface area contributed by atoms with Crippen molar-refractivity contribution in [3.63, 3.8) is 0 Å². The van der Waals surface area contributed by atoms with Crippen LogP contribution in [-0.4, -0.2) is 49.7 Å². The Morgan fingerprint density at radius 2 is 2.06 bits per heavy atom. The molecule has 0 aromatic rings. The van der Waals surface area contributed by atoms with Crippen molar-refractivity contribution in [3.8, 4) is 0 Å². The molecule has 1 fully saturated rings. The van der Waals surface area contributed by atoms with Gasteiger partial charge in [0.25, 0.3) is 0 Å². The number of esters is 1. The van der Waals surface area contributed by atoms with Crippen LogP contribution in [-0.2, 0) is 19.1 Å². The van der Waals surface area contributed by atoms with Crippen molar-refractivity contribution >= 4 is 11.9 Å². The monoisotopic (exact) mass is 243 g/mol. The van der Waals surface area contributed by atoms with Gasteiger partial charge in [0, 0.05) is 18.5 Å². The molecular formula is C12H21NO4. The van der Waals surface area contributed by atoms with E-state index in [0.717, 1.165) is 0 Å². The Morgan fingerprint density at radius 1 is 1.41 bits per heavy atom. The summed E-state index contributed by atoms with van der Waals surface area (Å²) in [5.41, 5.74) is -0.396. The van der Waals surface area contributed by atoms with Gasteiger partial charge in [-0.3, -0.25) is 9.59 Å². The first-order chi connectivity index (χ1) is 7.84. The molecule has 17 heavy (non-hydrogen) atoms. The Bertz CT molecular complexity index is 295. The lowest BCUT2D eigenvalue weighted by Gasteiger charge is -2.36. The van der Waals surface area contributed by atoms with Crippen molar-refractivity contribution in [2.45, 2.75) is 33.3 Å². The maximum Gasteiger partial charge on any atom is 0.308 e. The number of methoxy groups -OCH3 is 1. The maximum absolute atomic E-state index is 12.1. The van der Waals surface area contributed by atoms with Crippen molar-refractivity contribution in [2.24, 2.45) is 5.41 Å². The number of morpholine rings is 1. The molecule has 1 atom stereocenters. The molecule has 0 spiro atoms. The van der Waals surface area contributed by atoms with E-state index >= 15 is 0 Å². The minimum atomic E-state index is -0.396. The lowest BCUT2D eigenvalue weighted by atomic mass is 9.94. The van der Waals surface area contributed by atoms with E-state index < -0.39 is 5.41 Å². The molecule has 1 saturated heterocycles. The summed E-state index contributed by atoms with van der Waals surface area (Å²) in [6, 6.07) is 0. The van der Waals surface area contributed by atoms with Crippen LogP contribution in [0.25, 0.3) is 0 Å². The van der Waals surface area contributed by atoms with Gasteiger partial charge >= 0.3 is 5.97 Å². The molecule has 0 N–H and O–H groups in total. The van der Waals surface area contributed by atoms with Crippen molar-refractivity contribution in [1.29, 1.82) is 0 Å². The smallest absolute Gasteiger partial charge is 0.308 e. The fraction of sp³-hybridized carbons (Fsp3) is 0.833. The number of ether oxygens (including phenoxy) is 2. The number of amides is 1. The first-order valence-electron chi connectivity index (χ1n) is 5.82. The molecule has 0 bridgehead atoms. The second kappa shape index (κ2) is 5.49. The van der Waals surface area contributed by atoms with Gasteiger partial charge in [-0.25, -0.2) is 0 Å². The van der Waals surface area contributed by atoms with Crippen LogP contribution in [0.3, 0.4) is 0 Å². The second-order valence-electron chi connectivity index (χ2n) is 5.27. The third kappa shape index (κ3) is 4.00. The highest BCUT2D eigenvalue weighted by Crippen LogP contribution is 2.20. The van der Waals surface area contributed by atoms with Crippen LogP contribution in [0.4, 0.5) is 0 Å². The van der Waals surface area contributed by atoms with Crippen LogP contribution in [0.2, 0.25) is 0 Å². The van der Waals surface area contributed by atoms with Gasteiger partial charge in [0.15, 0.2) is 0 Å². The van der Waals surface area contributed by atoms with Gasteiger partial charge in [0.05, 0.1) is 26.2 Å². The average Bonchev–Trinajstić information content (AvgIpc) is 2.27. The SMILES string of the molecule is COC(=O)CC1CN(C(=O)C(C)(C)C)CCO1. The van der Waals surface area contributed by atoms with Crippen LogP contribution >= 0.6 is 0 Å². The zero-order valence-corrected chi connectivity index (χ0v) is 11.0.